The van der Waals surface area contributed by atoms with Gasteiger partial charge in [0, 0.05) is 18.9 Å². The molecule has 0 saturated carbocycles. The molecular weight excluding hydrogens is 214 g/mol. The van der Waals surface area contributed by atoms with Crippen LogP contribution in [0.3, 0.4) is 0 Å². The van der Waals surface area contributed by atoms with Gasteiger partial charge < -0.3 is 11.1 Å². The van der Waals surface area contributed by atoms with E-state index in [0.717, 1.165) is 23.5 Å². The van der Waals surface area contributed by atoms with E-state index in [0.29, 0.717) is 11.5 Å². The largest absolute Gasteiger partial charge is 0.396 e. The standard InChI is InChI=1S/C12H17N5/c1-4-10-11(7-17(3)16-10)15-12-9(13)6-5-8(2)14-12/h5-7H,4,13H2,1-3H3,(H,14,15). The van der Waals surface area contributed by atoms with Gasteiger partial charge in [0.15, 0.2) is 5.82 Å². The van der Waals surface area contributed by atoms with Crippen LogP contribution in [0.15, 0.2) is 18.3 Å². The predicted molar refractivity (Wildman–Crippen MR) is 69.3 cm³/mol. The van der Waals surface area contributed by atoms with E-state index in [1.807, 2.05) is 32.3 Å². The van der Waals surface area contributed by atoms with Crippen LogP contribution in [0.1, 0.15) is 18.3 Å². The number of rotatable bonds is 3. The fourth-order valence-corrected chi connectivity index (χ4v) is 1.70. The summed E-state index contributed by atoms with van der Waals surface area (Å²) in [6, 6.07) is 3.75. The van der Waals surface area contributed by atoms with E-state index in [2.05, 4.69) is 22.3 Å². The number of aryl methyl sites for hydroxylation is 3. The molecular formula is C12H17N5. The van der Waals surface area contributed by atoms with E-state index < -0.39 is 0 Å². The number of pyridine rings is 1. The average molecular weight is 231 g/mol. The van der Waals surface area contributed by atoms with Crippen molar-refractivity contribution in [2.75, 3.05) is 11.1 Å². The molecule has 5 heteroatoms. The summed E-state index contributed by atoms with van der Waals surface area (Å²) in [4.78, 5) is 4.38. The number of nitrogen functional groups attached to an aromatic ring is 1. The molecule has 5 nitrogen and oxygen atoms in total. The van der Waals surface area contributed by atoms with Crippen molar-refractivity contribution < 1.29 is 0 Å². The van der Waals surface area contributed by atoms with Crippen molar-refractivity contribution in [3.05, 3.63) is 29.7 Å². The third kappa shape index (κ3) is 2.38. The highest BCUT2D eigenvalue weighted by Crippen LogP contribution is 2.23. The monoisotopic (exact) mass is 231 g/mol. The maximum Gasteiger partial charge on any atom is 0.153 e. The fraction of sp³-hybridized carbons (Fsp3) is 0.333. The Hall–Kier alpha value is -2.04. The lowest BCUT2D eigenvalue weighted by Crippen LogP contribution is -2.01. The van der Waals surface area contributed by atoms with Gasteiger partial charge in [-0.2, -0.15) is 5.10 Å². The SMILES string of the molecule is CCc1nn(C)cc1Nc1nc(C)ccc1N. The van der Waals surface area contributed by atoms with Crippen LogP contribution in [0.4, 0.5) is 17.2 Å². The number of anilines is 3. The Morgan fingerprint density at radius 3 is 2.88 bits per heavy atom. The Morgan fingerprint density at radius 1 is 1.41 bits per heavy atom. The minimum Gasteiger partial charge on any atom is -0.396 e. The molecule has 0 aliphatic heterocycles. The van der Waals surface area contributed by atoms with E-state index in [-0.39, 0.29) is 0 Å². The second kappa shape index (κ2) is 4.45. The van der Waals surface area contributed by atoms with Gasteiger partial charge in [0.05, 0.1) is 17.1 Å². The minimum absolute atomic E-state index is 0.640. The van der Waals surface area contributed by atoms with Gasteiger partial charge in [0.1, 0.15) is 0 Å². The van der Waals surface area contributed by atoms with Crippen molar-refractivity contribution in [1.29, 1.82) is 0 Å². The quantitative estimate of drug-likeness (QED) is 0.847. The maximum atomic E-state index is 5.88. The molecule has 0 aliphatic carbocycles. The van der Waals surface area contributed by atoms with E-state index in [1.54, 1.807) is 4.68 Å². The Bertz CT molecular complexity index is 530. The molecule has 0 saturated heterocycles. The number of nitrogens with zero attached hydrogens (tertiary/aromatic N) is 3. The minimum atomic E-state index is 0.640. The highest BCUT2D eigenvalue weighted by Gasteiger charge is 2.08. The molecule has 0 aromatic carbocycles. The first kappa shape index (κ1) is 11.4. The number of aromatic nitrogens is 3. The zero-order chi connectivity index (χ0) is 12.4. The van der Waals surface area contributed by atoms with Crippen molar-refractivity contribution in [3.63, 3.8) is 0 Å². The van der Waals surface area contributed by atoms with E-state index in [4.69, 9.17) is 5.73 Å². The van der Waals surface area contributed by atoms with Gasteiger partial charge in [-0.1, -0.05) is 6.92 Å². The molecule has 0 radical (unpaired) electrons. The van der Waals surface area contributed by atoms with Crippen LogP contribution in [-0.2, 0) is 13.5 Å². The molecule has 0 unspecified atom stereocenters. The van der Waals surface area contributed by atoms with Gasteiger partial charge in [0.2, 0.25) is 0 Å². The average Bonchev–Trinajstić information content (AvgIpc) is 2.64. The van der Waals surface area contributed by atoms with E-state index in [1.165, 1.54) is 0 Å². The Labute approximate surface area is 101 Å². The molecule has 2 rings (SSSR count). The zero-order valence-corrected chi connectivity index (χ0v) is 10.4. The van der Waals surface area contributed by atoms with Gasteiger partial charge in [0.25, 0.3) is 0 Å². The van der Waals surface area contributed by atoms with Gasteiger partial charge in [-0.15, -0.1) is 0 Å². The van der Waals surface area contributed by atoms with Crippen LogP contribution in [0.2, 0.25) is 0 Å². The third-order valence-electron chi connectivity index (χ3n) is 2.56. The fourth-order valence-electron chi connectivity index (χ4n) is 1.70. The summed E-state index contributed by atoms with van der Waals surface area (Å²) in [6.07, 6.45) is 2.80. The van der Waals surface area contributed by atoms with Crippen LogP contribution in [-0.4, -0.2) is 14.8 Å². The first-order valence-electron chi connectivity index (χ1n) is 5.62. The number of nitrogens with one attached hydrogen (secondary N) is 1. The predicted octanol–water partition coefficient (Wildman–Crippen LogP) is 2.01. The molecule has 90 valence electrons. The second-order valence-electron chi connectivity index (χ2n) is 4.03. The summed E-state index contributed by atoms with van der Waals surface area (Å²) in [7, 11) is 1.90. The lowest BCUT2D eigenvalue weighted by molar-refractivity contribution is 0.746. The molecule has 0 aliphatic rings. The number of nitrogens with two attached hydrogens (primary N) is 1. The van der Waals surface area contributed by atoms with Gasteiger partial charge in [-0.25, -0.2) is 4.98 Å². The molecule has 0 spiro atoms. The summed E-state index contributed by atoms with van der Waals surface area (Å²) in [5.41, 5.74) is 9.43. The molecule has 0 bridgehead atoms. The summed E-state index contributed by atoms with van der Waals surface area (Å²) in [5.74, 6) is 0.688. The first-order valence-corrected chi connectivity index (χ1v) is 5.62. The summed E-state index contributed by atoms with van der Waals surface area (Å²) >= 11 is 0. The normalized spacial score (nSPS) is 10.5. The zero-order valence-electron chi connectivity index (χ0n) is 10.4. The Kier molecular flexibility index (Phi) is 2.99. The third-order valence-corrected chi connectivity index (χ3v) is 2.56. The lowest BCUT2D eigenvalue weighted by atomic mass is 10.3. The molecule has 2 heterocycles. The molecule has 3 N–H and O–H groups in total. The van der Waals surface area contributed by atoms with Crippen LogP contribution in [0.5, 0.6) is 0 Å². The Balaban J connectivity index is 2.33. The molecule has 0 fully saturated rings. The molecule has 2 aromatic heterocycles. The summed E-state index contributed by atoms with van der Waals surface area (Å²) < 4.78 is 1.78. The van der Waals surface area contributed by atoms with Crippen molar-refractivity contribution in [1.82, 2.24) is 14.8 Å². The maximum absolute atomic E-state index is 5.88. The van der Waals surface area contributed by atoms with Crippen molar-refractivity contribution in [2.45, 2.75) is 20.3 Å². The molecule has 0 atom stereocenters. The summed E-state index contributed by atoms with van der Waals surface area (Å²) in [5, 5.41) is 7.60. The van der Waals surface area contributed by atoms with E-state index in [9.17, 15) is 0 Å². The smallest absolute Gasteiger partial charge is 0.153 e. The second-order valence-corrected chi connectivity index (χ2v) is 4.03. The highest BCUT2D eigenvalue weighted by molar-refractivity contribution is 5.69. The molecule has 2 aromatic rings. The lowest BCUT2D eigenvalue weighted by Gasteiger charge is -2.08. The Morgan fingerprint density at radius 2 is 2.18 bits per heavy atom. The van der Waals surface area contributed by atoms with Crippen molar-refractivity contribution in [3.8, 4) is 0 Å². The summed E-state index contributed by atoms with van der Waals surface area (Å²) in [6.45, 7) is 4.01. The van der Waals surface area contributed by atoms with Crippen LogP contribution in [0, 0.1) is 6.92 Å². The topological polar surface area (TPSA) is 68.8 Å². The van der Waals surface area contributed by atoms with Gasteiger partial charge >= 0.3 is 0 Å². The van der Waals surface area contributed by atoms with Crippen molar-refractivity contribution >= 4 is 17.2 Å². The molecule has 0 amide bonds. The van der Waals surface area contributed by atoms with Crippen LogP contribution >= 0.6 is 0 Å². The highest BCUT2D eigenvalue weighted by atomic mass is 15.3. The van der Waals surface area contributed by atoms with Gasteiger partial charge in [-0.3, -0.25) is 4.68 Å². The molecule has 17 heavy (non-hydrogen) atoms. The van der Waals surface area contributed by atoms with Crippen LogP contribution < -0.4 is 11.1 Å². The van der Waals surface area contributed by atoms with Crippen LogP contribution in [0.25, 0.3) is 0 Å². The first-order chi connectivity index (χ1) is 8.10. The number of hydrogen-bond donors (Lipinski definition) is 2. The number of hydrogen-bond acceptors (Lipinski definition) is 4. The van der Waals surface area contributed by atoms with E-state index >= 15 is 0 Å². The van der Waals surface area contributed by atoms with Gasteiger partial charge in [-0.05, 0) is 25.5 Å². The van der Waals surface area contributed by atoms with Crippen molar-refractivity contribution in [2.24, 2.45) is 7.05 Å².